The highest BCUT2D eigenvalue weighted by molar-refractivity contribution is 8.01. The van der Waals surface area contributed by atoms with E-state index in [-0.39, 0.29) is 0 Å². The first-order valence-electron chi connectivity index (χ1n) is 5.55. The highest BCUT2D eigenvalue weighted by Crippen LogP contribution is 2.51. The van der Waals surface area contributed by atoms with Crippen LogP contribution in [-0.2, 0) is 0 Å². The molecule has 1 nitrogen and oxygen atoms in total. The van der Waals surface area contributed by atoms with Gasteiger partial charge in [-0.05, 0) is 38.0 Å². The molecule has 13 heavy (non-hydrogen) atoms. The maximum atomic E-state index is 6.10. The third-order valence-electron chi connectivity index (χ3n) is 3.83. The van der Waals surface area contributed by atoms with Crippen LogP contribution in [-0.4, -0.2) is 16.0 Å². The summed E-state index contributed by atoms with van der Waals surface area (Å²) >= 11 is 2.17. The Kier molecular flexibility index (Phi) is 2.63. The summed E-state index contributed by atoms with van der Waals surface area (Å²) in [6.45, 7) is 4.68. The summed E-state index contributed by atoms with van der Waals surface area (Å²) in [6, 6.07) is 0.457. The van der Waals surface area contributed by atoms with Crippen molar-refractivity contribution in [3.63, 3.8) is 0 Å². The summed E-state index contributed by atoms with van der Waals surface area (Å²) in [5, 5.41) is 0.688. The van der Waals surface area contributed by atoms with Gasteiger partial charge in [-0.1, -0.05) is 13.8 Å². The van der Waals surface area contributed by atoms with Gasteiger partial charge in [-0.2, -0.15) is 11.8 Å². The molecular formula is C11H21NS. The molecule has 2 unspecified atom stereocenters. The number of hydrogen-bond donors (Lipinski definition) is 1. The van der Waals surface area contributed by atoms with Gasteiger partial charge in [0, 0.05) is 16.0 Å². The summed E-state index contributed by atoms with van der Waals surface area (Å²) in [4.78, 5) is 0. The van der Waals surface area contributed by atoms with Crippen molar-refractivity contribution in [3.05, 3.63) is 0 Å². The lowest BCUT2D eigenvalue weighted by molar-refractivity contribution is 0.306. The summed E-state index contributed by atoms with van der Waals surface area (Å²) in [6.07, 6.45) is 6.94. The van der Waals surface area contributed by atoms with Crippen molar-refractivity contribution in [2.75, 3.05) is 0 Å². The van der Waals surface area contributed by atoms with Crippen LogP contribution in [0.4, 0.5) is 0 Å². The molecule has 0 amide bonds. The molecule has 0 aromatic carbocycles. The van der Waals surface area contributed by atoms with Crippen LogP contribution >= 0.6 is 11.8 Å². The van der Waals surface area contributed by atoms with Gasteiger partial charge in [-0.25, -0.2) is 0 Å². The zero-order valence-corrected chi connectivity index (χ0v) is 9.57. The normalized spacial score (nSPS) is 51.5. The molecule has 1 aliphatic carbocycles. The topological polar surface area (TPSA) is 26.0 Å². The Balaban J connectivity index is 1.99. The van der Waals surface area contributed by atoms with Gasteiger partial charge in [0.15, 0.2) is 0 Å². The highest BCUT2D eigenvalue weighted by Gasteiger charge is 2.43. The molecule has 2 heteroatoms. The minimum Gasteiger partial charge on any atom is -0.327 e. The van der Waals surface area contributed by atoms with Gasteiger partial charge in [0.1, 0.15) is 0 Å². The van der Waals surface area contributed by atoms with Crippen LogP contribution in [0.15, 0.2) is 0 Å². The number of rotatable bonds is 0. The van der Waals surface area contributed by atoms with Crippen molar-refractivity contribution in [2.24, 2.45) is 11.7 Å². The summed E-state index contributed by atoms with van der Waals surface area (Å²) in [5.41, 5.74) is 6.10. The van der Waals surface area contributed by atoms with E-state index in [4.69, 9.17) is 5.73 Å². The second-order valence-electron chi connectivity index (χ2n) is 5.06. The SMILES string of the molecule is CC1CCC2(CC1)CC(N)C(C)S2. The molecule has 0 radical (unpaired) electrons. The van der Waals surface area contributed by atoms with Crippen LogP contribution in [0, 0.1) is 5.92 Å². The fraction of sp³-hybridized carbons (Fsp3) is 1.00. The predicted octanol–water partition coefficient (Wildman–Crippen LogP) is 2.79. The first-order valence-corrected chi connectivity index (χ1v) is 6.43. The van der Waals surface area contributed by atoms with E-state index < -0.39 is 0 Å². The Hall–Kier alpha value is 0.310. The van der Waals surface area contributed by atoms with Crippen LogP contribution < -0.4 is 5.73 Å². The third-order valence-corrected chi connectivity index (χ3v) is 5.63. The summed E-state index contributed by atoms with van der Waals surface area (Å²) < 4.78 is 0.589. The van der Waals surface area contributed by atoms with E-state index in [1.54, 1.807) is 0 Å². The summed E-state index contributed by atoms with van der Waals surface area (Å²) in [7, 11) is 0. The molecule has 76 valence electrons. The van der Waals surface area contributed by atoms with E-state index >= 15 is 0 Å². The van der Waals surface area contributed by atoms with E-state index in [1.165, 1.54) is 32.1 Å². The molecule has 1 saturated carbocycles. The second-order valence-corrected chi connectivity index (χ2v) is 6.90. The van der Waals surface area contributed by atoms with Crippen LogP contribution in [0.2, 0.25) is 0 Å². The quantitative estimate of drug-likeness (QED) is 0.649. The van der Waals surface area contributed by atoms with Gasteiger partial charge in [0.25, 0.3) is 0 Å². The van der Waals surface area contributed by atoms with Crippen molar-refractivity contribution < 1.29 is 0 Å². The minimum atomic E-state index is 0.457. The number of thioether (sulfide) groups is 1. The molecule has 1 saturated heterocycles. The monoisotopic (exact) mass is 199 g/mol. The molecule has 2 atom stereocenters. The number of hydrogen-bond acceptors (Lipinski definition) is 2. The van der Waals surface area contributed by atoms with Gasteiger partial charge in [-0.3, -0.25) is 0 Å². The van der Waals surface area contributed by atoms with Crippen LogP contribution in [0.3, 0.4) is 0 Å². The molecule has 1 aliphatic heterocycles. The molecule has 2 aliphatic rings. The minimum absolute atomic E-state index is 0.457. The Labute approximate surface area is 85.8 Å². The van der Waals surface area contributed by atoms with Crippen molar-refractivity contribution in [2.45, 2.75) is 62.0 Å². The first-order chi connectivity index (χ1) is 6.11. The molecule has 2 N–H and O–H groups in total. The average molecular weight is 199 g/mol. The van der Waals surface area contributed by atoms with E-state index in [2.05, 4.69) is 25.6 Å². The highest BCUT2D eigenvalue weighted by atomic mass is 32.2. The Bertz CT molecular complexity index is 173. The van der Waals surface area contributed by atoms with Gasteiger partial charge in [0.2, 0.25) is 0 Å². The first kappa shape index (κ1) is 9.85. The maximum Gasteiger partial charge on any atom is 0.0178 e. The average Bonchev–Trinajstić information content (AvgIpc) is 2.36. The van der Waals surface area contributed by atoms with Crippen molar-refractivity contribution in [3.8, 4) is 0 Å². The lowest BCUT2D eigenvalue weighted by Crippen LogP contribution is -2.31. The second kappa shape index (κ2) is 3.47. The molecule has 1 spiro atoms. The molecular weight excluding hydrogens is 178 g/mol. The molecule has 1 heterocycles. The molecule has 2 fully saturated rings. The maximum absolute atomic E-state index is 6.10. The molecule has 0 aromatic heterocycles. The van der Waals surface area contributed by atoms with Crippen LogP contribution in [0.25, 0.3) is 0 Å². The van der Waals surface area contributed by atoms with Crippen molar-refractivity contribution in [1.82, 2.24) is 0 Å². The standard InChI is InChI=1S/C11H21NS/c1-8-3-5-11(6-4-8)7-10(12)9(2)13-11/h8-10H,3-7,12H2,1-2H3. The van der Waals surface area contributed by atoms with Gasteiger partial charge in [0.05, 0.1) is 0 Å². The zero-order chi connectivity index (χ0) is 9.47. The predicted molar refractivity (Wildman–Crippen MR) is 60.0 cm³/mol. The lowest BCUT2D eigenvalue weighted by Gasteiger charge is -2.35. The fourth-order valence-electron chi connectivity index (χ4n) is 2.74. The fourth-order valence-corrected chi connectivity index (χ4v) is 4.56. The van der Waals surface area contributed by atoms with E-state index in [9.17, 15) is 0 Å². The molecule has 2 rings (SSSR count). The smallest absolute Gasteiger partial charge is 0.0178 e. The van der Waals surface area contributed by atoms with E-state index in [1.807, 2.05) is 0 Å². The molecule has 0 bridgehead atoms. The Morgan fingerprint density at radius 1 is 1.23 bits per heavy atom. The van der Waals surface area contributed by atoms with Gasteiger partial charge >= 0.3 is 0 Å². The Morgan fingerprint density at radius 2 is 1.85 bits per heavy atom. The lowest BCUT2D eigenvalue weighted by atomic mass is 9.79. The zero-order valence-electron chi connectivity index (χ0n) is 8.75. The van der Waals surface area contributed by atoms with Gasteiger partial charge < -0.3 is 5.73 Å². The molecule has 0 aromatic rings. The van der Waals surface area contributed by atoms with Crippen LogP contribution in [0.5, 0.6) is 0 Å². The van der Waals surface area contributed by atoms with E-state index in [0.29, 0.717) is 16.0 Å². The summed E-state index contributed by atoms with van der Waals surface area (Å²) in [5.74, 6) is 0.957. The van der Waals surface area contributed by atoms with E-state index in [0.717, 1.165) is 5.92 Å². The van der Waals surface area contributed by atoms with Gasteiger partial charge in [-0.15, -0.1) is 0 Å². The Morgan fingerprint density at radius 3 is 2.31 bits per heavy atom. The van der Waals surface area contributed by atoms with Crippen molar-refractivity contribution in [1.29, 1.82) is 0 Å². The number of nitrogens with two attached hydrogens (primary N) is 1. The van der Waals surface area contributed by atoms with Crippen molar-refractivity contribution >= 4 is 11.8 Å². The third kappa shape index (κ3) is 1.89. The van der Waals surface area contributed by atoms with Crippen LogP contribution in [0.1, 0.15) is 46.0 Å². The largest absolute Gasteiger partial charge is 0.327 e.